The molecule has 3 rings (SSSR count). The Balaban J connectivity index is 1.97. The van der Waals surface area contributed by atoms with Crippen LogP contribution >= 0.6 is 23.2 Å². The zero-order valence-electron chi connectivity index (χ0n) is 11.1. The first kappa shape index (κ1) is 13.9. The predicted octanol–water partition coefficient (Wildman–Crippen LogP) is 4.20. The number of pyridine rings is 1. The number of amides is 1. The van der Waals surface area contributed by atoms with Crippen LogP contribution < -0.4 is 5.32 Å². The largest absolute Gasteiger partial charge is 0.320 e. The Kier molecular flexibility index (Phi) is 3.57. The number of carbonyl (C=O) groups excluding carboxylic acids is 1. The van der Waals surface area contributed by atoms with Gasteiger partial charge in [-0.25, -0.2) is 4.52 Å². The lowest BCUT2D eigenvalue weighted by Gasteiger charge is -2.08. The van der Waals surface area contributed by atoms with Crippen molar-refractivity contribution in [1.82, 2.24) is 9.61 Å². The van der Waals surface area contributed by atoms with Gasteiger partial charge in [0.1, 0.15) is 0 Å². The number of carbonyl (C=O) groups is 1. The summed E-state index contributed by atoms with van der Waals surface area (Å²) in [5, 5.41) is 7.90. The van der Waals surface area contributed by atoms with E-state index in [9.17, 15) is 4.79 Å². The van der Waals surface area contributed by atoms with Crippen LogP contribution in [-0.4, -0.2) is 15.5 Å². The Morgan fingerprint density at radius 2 is 2.00 bits per heavy atom. The van der Waals surface area contributed by atoms with E-state index in [0.29, 0.717) is 21.2 Å². The molecule has 0 aliphatic heterocycles. The fourth-order valence-corrected chi connectivity index (χ4v) is 2.49. The van der Waals surface area contributed by atoms with Gasteiger partial charge in [-0.3, -0.25) is 4.79 Å². The Hall–Kier alpha value is -2.04. The molecule has 0 aliphatic rings. The number of nitrogens with zero attached hydrogens (tertiary/aromatic N) is 2. The van der Waals surface area contributed by atoms with Gasteiger partial charge in [0.15, 0.2) is 5.69 Å². The highest BCUT2D eigenvalue weighted by molar-refractivity contribution is 6.37. The maximum Gasteiger partial charge on any atom is 0.277 e. The summed E-state index contributed by atoms with van der Waals surface area (Å²) in [5.74, 6) is -0.367. The second-order valence-electron chi connectivity index (χ2n) is 4.56. The van der Waals surface area contributed by atoms with Gasteiger partial charge in [-0.15, -0.1) is 0 Å². The lowest BCUT2D eigenvalue weighted by Crippen LogP contribution is -2.14. The van der Waals surface area contributed by atoms with Crippen LogP contribution in [0.2, 0.25) is 10.0 Å². The number of hydrogen-bond donors (Lipinski definition) is 1. The molecule has 6 heteroatoms. The second kappa shape index (κ2) is 5.39. The standard InChI is InChI=1S/C15H11Cl2N3O/c1-9-10(16)5-4-6-11(9)18-15(21)14-13(17)12-7-2-3-8-20(12)19-14/h2-8H,1H3,(H,18,21). The highest BCUT2D eigenvalue weighted by Gasteiger charge is 2.18. The van der Waals surface area contributed by atoms with E-state index in [1.165, 1.54) is 0 Å². The van der Waals surface area contributed by atoms with E-state index < -0.39 is 0 Å². The van der Waals surface area contributed by atoms with Gasteiger partial charge >= 0.3 is 0 Å². The van der Waals surface area contributed by atoms with Crippen LogP contribution in [0.5, 0.6) is 0 Å². The van der Waals surface area contributed by atoms with Crippen molar-refractivity contribution in [2.75, 3.05) is 5.32 Å². The number of nitrogens with one attached hydrogen (secondary N) is 1. The fourth-order valence-electron chi connectivity index (χ4n) is 2.04. The highest BCUT2D eigenvalue weighted by Crippen LogP contribution is 2.26. The molecule has 0 saturated carbocycles. The molecular weight excluding hydrogens is 309 g/mol. The molecule has 2 heterocycles. The summed E-state index contributed by atoms with van der Waals surface area (Å²) < 4.78 is 1.57. The van der Waals surface area contributed by atoms with Crippen LogP contribution in [-0.2, 0) is 0 Å². The Morgan fingerprint density at radius 3 is 2.76 bits per heavy atom. The monoisotopic (exact) mass is 319 g/mol. The second-order valence-corrected chi connectivity index (χ2v) is 5.34. The third-order valence-electron chi connectivity index (χ3n) is 3.21. The van der Waals surface area contributed by atoms with Crippen LogP contribution in [0.15, 0.2) is 42.6 Å². The van der Waals surface area contributed by atoms with Crippen LogP contribution in [0.25, 0.3) is 5.52 Å². The molecule has 106 valence electrons. The van der Waals surface area contributed by atoms with Crippen molar-refractivity contribution in [2.24, 2.45) is 0 Å². The average Bonchev–Trinajstić information content (AvgIpc) is 2.82. The minimum absolute atomic E-state index is 0.183. The van der Waals surface area contributed by atoms with Gasteiger partial charge in [-0.1, -0.05) is 35.3 Å². The maximum absolute atomic E-state index is 12.4. The summed E-state index contributed by atoms with van der Waals surface area (Å²) in [5.41, 5.74) is 2.31. The van der Waals surface area contributed by atoms with Crippen LogP contribution in [0.4, 0.5) is 5.69 Å². The van der Waals surface area contributed by atoms with Crippen LogP contribution in [0.3, 0.4) is 0 Å². The van der Waals surface area contributed by atoms with Crippen molar-refractivity contribution in [1.29, 1.82) is 0 Å². The van der Waals surface area contributed by atoms with Crippen molar-refractivity contribution in [2.45, 2.75) is 6.92 Å². The lowest BCUT2D eigenvalue weighted by atomic mass is 10.2. The molecule has 1 amide bonds. The topological polar surface area (TPSA) is 46.4 Å². The first-order valence-electron chi connectivity index (χ1n) is 6.27. The van der Waals surface area contributed by atoms with Crippen LogP contribution in [0, 0.1) is 6.92 Å². The third-order valence-corrected chi connectivity index (χ3v) is 3.99. The van der Waals surface area contributed by atoms with Crippen molar-refractivity contribution in [3.63, 3.8) is 0 Å². The molecule has 0 fully saturated rings. The Bertz CT molecular complexity index is 842. The first-order chi connectivity index (χ1) is 10.1. The third kappa shape index (κ3) is 2.48. The smallest absolute Gasteiger partial charge is 0.277 e. The summed E-state index contributed by atoms with van der Waals surface area (Å²) in [4.78, 5) is 12.4. The van der Waals surface area contributed by atoms with E-state index >= 15 is 0 Å². The van der Waals surface area contributed by atoms with Gasteiger partial charge in [0.2, 0.25) is 0 Å². The van der Waals surface area contributed by atoms with E-state index in [-0.39, 0.29) is 11.6 Å². The zero-order valence-corrected chi connectivity index (χ0v) is 12.6. The molecule has 21 heavy (non-hydrogen) atoms. The van der Waals surface area contributed by atoms with Crippen molar-refractivity contribution >= 4 is 40.3 Å². The highest BCUT2D eigenvalue weighted by atomic mass is 35.5. The van der Waals surface area contributed by atoms with Gasteiger partial charge in [0.25, 0.3) is 5.91 Å². The first-order valence-corrected chi connectivity index (χ1v) is 7.03. The van der Waals surface area contributed by atoms with Gasteiger partial charge < -0.3 is 5.32 Å². The van der Waals surface area contributed by atoms with Gasteiger partial charge in [-0.05, 0) is 36.8 Å². The molecule has 0 bridgehead atoms. The average molecular weight is 320 g/mol. The Morgan fingerprint density at radius 1 is 1.19 bits per heavy atom. The normalized spacial score (nSPS) is 10.8. The van der Waals surface area contributed by atoms with E-state index in [0.717, 1.165) is 5.56 Å². The summed E-state index contributed by atoms with van der Waals surface area (Å²) in [6.45, 7) is 1.84. The van der Waals surface area contributed by atoms with Crippen molar-refractivity contribution in [3.05, 3.63) is 63.9 Å². The molecule has 1 aromatic carbocycles. The van der Waals surface area contributed by atoms with Gasteiger partial charge in [-0.2, -0.15) is 5.10 Å². The minimum atomic E-state index is -0.367. The molecule has 0 spiro atoms. The summed E-state index contributed by atoms with van der Waals surface area (Å²) in [7, 11) is 0. The summed E-state index contributed by atoms with van der Waals surface area (Å²) in [6, 6.07) is 10.8. The van der Waals surface area contributed by atoms with Crippen LogP contribution in [0.1, 0.15) is 16.1 Å². The number of anilines is 1. The summed E-state index contributed by atoms with van der Waals surface area (Å²) >= 11 is 12.3. The number of aromatic nitrogens is 2. The van der Waals surface area contributed by atoms with Crippen molar-refractivity contribution < 1.29 is 4.79 Å². The van der Waals surface area contributed by atoms with E-state index in [4.69, 9.17) is 23.2 Å². The molecule has 0 radical (unpaired) electrons. The summed E-state index contributed by atoms with van der Waals surface area (Å²) in [6.07, 6.45) is 1.74. The quantitative estimate of drug-likeness (QED) is 0.769. The molecule has 0 unspecified atom stereocenters. The van der Waals surface area contributed by atoms with Gasteiger partial charge in [0.05, 0.1) is 10.5 Å². The molecule has 2 aromatic heterocycles. The van der Waals surface area contributed by atoms with E-state index in [1.54, 1.807) is 35.0 Å². The number of hydrogen-bond acceptors (Lipinski definition) is 2. The van der Waals surface area contributed by atoms with E-state index in [1.807, 2.05) is 19.1 Å². The fraction of sp³-hybridized carbons (Fsp3) is 0.0667. The minimum Gasteiger partial charge on any atom is -0.320 e. The molecule has 1 N–H and O–H groups in total. The molecule has 4 nitrogen and oxygen atoms in total. The number of halogens is 2. The molecule has 0 atom stereocenters. The molecule has 0 saturated heterocycles. The zero-order chi connectivity index (χ0) is 15.0. The van der Waals surface area contributed by atoms with E-state index in [2.05, 4.69) is 10.4 Å². The molecule has 0 aliphatic carbocycles. The number of benzene rings is 1. The maximum atomic E-state index is 12.4. The van der Waals surface area contributed by atoms with Crippen molar-refractivity contribution in [3.8, 4) is 0 Å². The van der Waals surface area contributed by atoms with Gasteiger partial charge in [0, 0.05) is 16.9 Å². The lowest BCUT2D eigenvalue weighted by molar-refractivity contribution is 0.102. The number of fused-ring (bicyclic) bond motifs is 1. The molecule has 3 aromatic rings. The Labute approximate surface area is 131 Å². The predicted molar refractivity (Wildman–Crippen MR) is 84.3 cm³/mol. The molecular formula is C15H11Cl2N3O. The SMILES string of the molecule is Cc1c(Cl)cccc1NC(=O)c1nn2ccccc2c1Cl. The number of rotatable bonds is 2.